The van der Waals surface area contributed by atoms with Crippen LogP contribution >= 0.6 is 11.6 Å². The lowest BCUT2D eigenvalue weighted by Crippen LogP contribution is -2.19. The predicted molar refractivity (Wildman–Crippen MR) is 77.6 cm³/mol. The van der Waals surface area contributed by atoms with E-state index in [1.54, 1.807) is 24.4 Å². The third-order valence-electron chi connectivity index (χ3n) is 2.75. The fourth-order valence-electron chi connectivity index (χ4n) is 1.78. The molecule has 0 fully saturated rings. The van der Waals surface area contributed by atoms with Crippen LogP contribution in [0.15, 0.2) is 24.4 Å². The molecule has 0 aliphatic rings. The highest BCUT2D eigenvalue weighted by molar-refractivity contribution is 6.30. The Kier molecular flexibility index (Phi) is 4.70. The largest absolute Gasteiger partial charge is 0.330 e. The predicted octanol–water partition coefficient (Wildman–Crippen LogP) is 1.38. The zero-order valence-electron chi connectivity index (χ0n) is 11.1. The molecule has 0 bridgehead atoms. The minimum Gasteiger partial charge on any atom is -0.330 e. The topological polar surface area (TPSA) is 85.8 Å². The molecule has 3 N–H and O–H groups in total. The van der Waals surface area contributed by atoms with Crippen molar-refractivity contribution in [2.24, 2.45) is 5.73 Å². The number of amides is 1. The van der Waals surface area contributed by atoms with Crippen LogP contribution < -0.4 is 11.1 Å². The Bertz CT molecular complexity index is 611. The molecule has 1 amide bonds. The quantitative estimate of drug-likeness (QED) is 0.872. The van der Waals surface area contributed by atoms with Crippen molar-refractivity contribution in [1.29, 1.82) is 0 Å². The van der Waals surface area contributed by atoms with Gasteiger partial charge in [0.05, 0.1) is 5.69 Å². The van der Waals surface area contributed by atoms with Crippen LogP contribution in [0.3, 0.4) is 0 Å². The lowest BCUT2D eigenvalue weighted by atomic mass is 10.2. The van der Waals surface area contributed by atoms with Crippen LogP contribution in [0.2, 0.25) is 5.02 Å². The third kappa shape index (κ3) is 3.79. The zero-order valence-corrected chi connectivity index (χ0v) is 11.9. The maximum Gasteiger partial charge on any atom is 0.246 e. The number of nitrogens with one attached hydrogen (secondary N) is 1. The summed E-state index contributed by atoms with van der Waals surface area (Å²) in [5, 5.41) is 11.3. The molecule has 0 aliphatic heterocycles. The van der Waals surface area contributed by atoms with Gasteiger partial charge in [0.15, 0.2) is 0 Å². The SMILES string of the molecule is Cc1cc(Cl)ccc1NC(=O)Cn1cc(CCN)nn1. The lowest BCUT2D eigenvalue weighted by Gasteiger charge is -2.08. The van der Waals surface area contributed by atoms with Gasteiger partial charge in [0.2, 0.25) is 5.91 Å². The average Bonchev–Trinajstić information content (AvgIpc) is 2.81. The highest BCUT2D eigenvalue weighted by Crippen LogP contribution is 2.19. The van der Waals surface area contributed by atoms with Gasteiger partial charge in [-0.05, 0) is 37.2 Å². The van der Waals surface area contributed by atoms with E-state index in [9.17, 15) is 4.79 Å². The first kappa shape index (κ1) is 14.5. The number of hydrogen-bond donors (Lipinski definition) is 2. The Labute approximate surface area is 121 Å². The molecule has 1 aromatic carbocycles. The van der Waals surface area contributed by atoms with Crippen molar-refractivity contribution in [2.45, 2.75) is 19.9 Å². The van der Waals surface area contributed by atoms with Crippen LogP contribution in [0.5, 0.6) is 0 Å². The van der Waals surface area contributed by atoms with Crippen molar-refractivity contribution in [1.82, 2.24) is 15.0 Å². The molecule has 106 valence electrons. The van der Waals surface area contributed by atoms with Gasteiger partial charge in [0, 0.05) is 23.3 Å². The van der Waals surface area contributed by atoms with Crippen LogP contribution in [-0.2, 0) is 17.8 Å². The number of nitrogens with two attached hydrogens (primary N) is 1. The minimum absolute atomic E-state index is 0.111. The van der Waals surface area contributed by atoms with Gasteiger partial charge in [-0.25, -0.2) is 4.68 Å². The minimum atomic E-state index is -0.167. The summed E-state index contributed by atoms with van der Waals surface area (Å²) in [6.07, 6.45) is 2.37. The van der Waals surface area contributed by atoms with Gasteiger partial charge < -0.3 is 11.1 Å². The van der Waals surface area contributed by atoms with E-state index in [4.69, 9.17) is 17.3 Å². The summed E-state index contributed by atoms with van der Waals surface area (Å²) in [6.45, 7) is 2.50. The van der Waals surface area contributed by atoms with Crippen molar-refractivity contribution < 1.29 is 4.79 Å². The van der Waals surface area contributed by atoms with Gasteiger partial charge in [-0.15, -0.1) is 5.10 Å². The number of nitrogens with zero attached hydrogens (tertiary/aromatic N) is 3. The van der Waals surface area contributed by atoms with Crippen LogP contribution in [0, 0.1) is 6.92 Å². The zero-order chi connectivity index (χ0) is 14.5. The number of aromatic nitrogens is 3. The number of rotatable bonds is 5. The van der Waals surface area contributed by atoms with E-state index in [1.807, 2.05) is 6.92 Å². The number of benzene rings is 1. The Morgan fingerprint density at radius 1 is 1.50 bits per heavy atom. The van der Waals surface area contributed by atoms with Crippen molar-refractivity contribution in [3.8, 4) is 0 Å². The first-order valence-corrected chi connectivity index (χ1v) is 6.61. The molecule has 7 heteroatoms. The summed E-state index contributed by atoms with van der Waals surface area (Å²) in [5.74, 6) is -0.167. The van der Waals surface area contributed by atoms with E-state index < -0.39 is 0 Å². The summed E-state index contributed by atoms with van der Waals surface area (Å²) in [6, 6.07) is 5.31. The number of carbonyl (C=O) groups is 1. The fourth-order valence-corrected chi connectivity index (χ4v) is 2.01. The molecule has 0 aliphatic carbocycles. The normalized spacial score (nSPS) is 10.6. The van der Waals surface area contributed by atoms with E-state index in [0.29, 0.717) is 18.0 Å². The Morgan fingerprint density at radius 3 is 3.00 bits per heavy atom. The van der Waals surface area contributed by atoms with Crippen LogP contribution in [0.25, 0.3) is 0 Å². The first-order valence-electron chi connectivity index (χ1n) is 6.23. The second-order valence-electron chi connectivity index (χ2n) is 4.45. The van der Waals surface area contributed by atoms with Gasteiger partial charge in [0.25, 0.3) is 0 Å². The van der Waals surface area contributed by atoms with Gasteiger partial charge in [-0.2, -0.15) is 0 Å². The molecule has 2 rings (SSSR count). The van der Waals surface area contributed by atoms with Crippen molar-refractivity contribution in [3.05, 3.63) is 40.7 Å². The molecule has 0 saturated heterocycles. The monoisotopic (exact) mass is 293 g/mol. The van der Waals surface area contributed by atoms with Crippen molar-refractivity contribution >= 4 is 23.2 Å². The molecule has 20 heavy (non-hydrogen) atoms. The van der Waals surface area contributed by atoms with E-state index in [0.717, 1.165) is 16.9 Å². The van der Waals surface area contributed by atoms with Gasteiger partial charge in [-0.3, -0.25) is 4.79 Å². The number of aryl methyl sites for hydroxylation is 1. The van der Waals surface area contributed by atoms with Crippen LogP contribution in [0.1, 0.15) is 11.3 Å². The van der Waals surface area contributed by atoms with Gasteiger partial charge in [0.1, 0.15) is 6.54 Å². The second kappa shape index (κ2) is 6.49. The number of hydrogen-bond acceptors (Lipinski definition) is 4. The smallest absolute Gasteiger partial charge is 0.246 e. The molecule has 1 aromatic heterocycles. The Balaban J connectivity index is 1.97. The second-order valence-corrected chi connectivity index (χ2v) is 4.89. The van der Waals surface area contributed by atoms with E-state index >= 15 is 0 Å². The summed E-state index contributed by atoms with van der Waals surface area (Å²) >= 11 is 5.87. The third-order valence-corrected chi connectivity index (χ3v) is 2.99. The van der Waals surface area contributed by atoms with Gasteiger partial charge >= 0.3 is 0 Å². The van der Waals surface area contributed by atoms with Crippen LogP contribution in [0.4, 0.5) is 5.69 Å². The lowest BCUT2D eigenvalue weighted by molar-refractivity contribution is -0.116. The maximum atomic E-state index is 11.9. The number of anilines is 1. The maximum absolute atomic E-state index is 11.9. The molecule has 1 heterocycles. The Morgan fingerprint density at radius 2 is 2.30 bits per heavy atom. The molecule has 0 unspecified atom stereocenters. The number of halogens is 1. The molecule has 0 saturated carbocycles. The van der Waals surface area contributed by atoms with Crippen LogP contribution in [-0.4, -0.2) is 27.4 Å². The molecule has 0 radical (unpaired) electrons. The number of carbonyl (C=O) groups excluding carboxylic acids is 1. The van der Waals surface area contributed by atoms with E-state index in [-0.39, 0.29) is 12.5 Å². The summed E-state index contributed by atoms with van der Waals surface area (Å²) in [4.78, 5) is 11.9. The summed E-state index contributed by atoms with van der Waals surface area (Å²) in [5.41, 5.74) is 7.86. The highest BCUT2D eigenvalue weighted by atomic mass is 35.5. The average molecular weight is 294 g/mol. The molecular weight excluding hydrogens is 278 g/mol. The van der Waals surface area contributed by atoms with Crippen molar-refractivity contribution in [2.75, 3.05) is 11.9 Å². The first-order chi connectivity index (χ1) is 9.58. The molecule has 0 atom stereocenters. The molecule has 6 nitrogen and oxygen atoms in total. The van der Waals surface area contributed by atoms with Crippen molar-refractivity contribution in [3.63, 3.8) is 0 Å². The van der Waals surface area contributed by atoms with Gasteiger partial charge in [-0.1, -0.05) is 16.8 Å². The Hall–Kier alpha value is -1.92. The summed E-state index contributed by atoms with van der Waals surface area (Å²) in [7, 11) is 0. The molecule has 0 spiro atoms. The van der Waals surface area contributed by atoms with E-state index in [1.165, 1.54) is 4.68 Å². The summed E-state index contributed by atoms with van der Waals surface area (Å²) < 4.78 is 1.49. The molecular formula is C13H16ClN5O. The van der Waals surface area contributed by atoms with E-state index in [2.05, 4.69) is 15.6 Å². The molecule has 2 aromatic rings. The highest BCUT2D eigenvalue weighted by Gasteiger charge is 2.08. The standard InChI is InChI=1S/C13H16ClN5O/c1-9-6-10(14)2-3-12(9)16-13(20)8-19-7-11(4-5-15)17-18-19/h2-3,6-7H,4-5,8,15H2,1H3,(H,16,20). The fraction of sp³-hybridized carbons (Fsp3) is 0.308.